The van der Waals surface area contributed by atoms with Crippen molar-refractivity contribution in [2.45, 2.75) is 12.3 Å². The Morgan fingerprint density at radius 3 is 3.17 bits per heavy atom. The SMILES string of the molecule is COC(=O)c1cc([C@@H]2CCOC2)c2ncsc2c1. The number of esters is 1. The molecule has 4 nitrogen and oxygen atoms in total. The van der Waals surface area contributed by atoms with Gasteiger partial charge in [-0.25, -0.2) is 9.78 Å². The number of hydrogen-bond acceptors (Lipinski definition) is 5. The van der Waals surface area contributed by atoms with Gasteiger partial charge in [0.1, 0.15) is 0 Å². The Hall–Kier alpha value is -1.46. The summed E-state index contributed by atoms with van der Waals surface area (Å²) in [5.41, 5.74) is 4.50. The summed E-state index contributed by atoms with van der Waals surface area (Å²) in [7, 11) is 1.40. The van der Waals surface area contributed by atoms with Crippen molar-refractivity contribution in [2.75, 3.05) is 20.3 Å². The van der Waals surface area contributed by atoms with Crippen LogP contribution in [0.25, 0.3) is 10.2 Å². The lowest BCUT2D eigenvalue weighted by Gasteiger charge is -2.10. The van der Waals surface area contributed by atoms with E-state index in [1.165, 1.54) is 7.11 Å². The van der Waals surface area contributed by atoms with Crippen LogP contribution in [-0.4, -0.2) is 31.3 Å². The van der Waals surface area contributed by atoms with Gasteiger partial charge in [-0.05, 0) is 24.1 Å². The van der Waals surface area contributed by atoms with Gasteiger partial charge < -0.3 is 9.47 Å². The van der Waals surface area contributed by atoms with E-state index in [0.717, 1.165) is 28.8 Å². The second-order valence-corrected chi connectivity index (χ2v) is 5.20. The largest absolute Gasteiger partial charge is 0.465 e. The lowest BCUT2D eigenvalue weighted by atomic mass is 9.95. The Morgan fingerprint density at radius 1 is 1.56 bits per heavy atom. The van der Waals surface area contributed by atoms with E-state index in [0.29, 0.717) is 18.1 Å². The van der Waals surface area contributed by atoms with Gasteiger partial charge in [-0.3, -0.25) is 0 Å². The zero-order chi connectivity index (χ0) is 12.5. The molecule has 1 aromatic carbocycles. The number of methoxy groups -OCH3 is 1. The van der Waals surface area contributed by atoms with Crippen LogP contribution in [0.3, 0.4) is 0 Å². The smallest absolute Gasteiger partial charge is 0.337 e. The van der Waals surface area contributed by atoms with Crippen molar-refractivity contribution in [1.82, 2.24) is 4.98 Å². The fourth-order valence-electron chi connectivity index (χ4n) is 2.32. The first kappa shape index (κ1) is 11.6. The molecule has 1 aliphatic heterocycles. The van der Waals surface area contributed by atoms with E-state index in [4.69, 9.17) is 9.47 Å². The lowest BCUT2D eigenvalue weighted by Crippen LogP contribution is -2.05. The van der Waals surface area contributed by atoms with Crippen molar-refractivity contribution in [3.63, 3.8) is 0 Å². The number of carbonyl (C=O) groups is 1. The molecule has 2 heterocycles. The minimum atomic E-state index is -0.300. The molecule has 0 unspecified atom stereocenters. The van der Waals surface area contributed by atoms with Crippen molar-refractivity contribution in [1.29, 1.82) is 0 Å². The summed E-state index contributed by atoms with van der Waals surface area (Å²) in [6.45, 7) is 1.48. The maximum atomic E-state index is 11.7. The summed E-state index contributed by atoms with van der Waals surface area (Å²) in [6.07, 6.45) is 0.983. The predicted molar refractivity (Wildman–Crippen MR) is 69.1 cm³/mol. The normalized spacial score (nSPS) is 19.3. The van der Waals surface area contributed by atoms with Crippen molar-refractivity contribution in [2.24, 2.45) is 0 Å². The van der Waals surface area contributed by atoms with Crippen LogP contribution in [0.2, 0.25) is 0 Å². The van der Waals surface area contributed by atoms with E-state index < -0.39 is 0 Å². The number of benzene rings is 1. The number of rotatable bonds is 2. The number of aromatic nitrogens is 1. The fourth-order valence-corrected chi connectivity index (χ4v) is 3.07. The van der Waals surface area contributed by atoms with Gasteiger partial charge in [0, 0.05) is 12.5 Å². The quantitative estimate of drug-likeness (QED) is 0.781. The minimum Gasteiger partial charge on any atom is -0.465 e. The lowest BCUT2D eigenvalue weighted by molar-refractivity contribution is 0.0601. The second kappa shape index (κ2) is 4.66. The Morgan fingerprint density at radius 2 is 2.44 bits per heavy atom. The van der Waals surface area contributed by atoms with Crippen molar-refractivity contribution < 1.29 is 14.3 Å². The fraction of sp³-hybridized carbons (Fsp3) is 0.385. The third-order valence-electron chi connectivity index (χ3n) is 3.26. The molecule has 0 aliphatic carbocycles. The van der Waals surface area contributed by atoms with Crippen LogP contribution in [0, 0.1) is 0 Å². The molecule has 2 aromatic rings. The third kappa shape index (κ3) is 1.89. The van der Waals surface area contributed by atoms with Crippen LogP contribution in [0.1, 0.15) is 28.3 Å². The Labute approximate surface area is 109 Å². The third-order valence-corrected chi connectivity index (χ3v) is 4.03. The maximum Gasteiger partial charge on any atom is 0.337 e. The first-order valence-electron chi connectivity index (χ1n) is 5.83. The molecule has 0 spiro atoms. The standard InChI is InChI=1S/C13H13NO3S/c1-16-13(15)9-4-10(8-2-3-17-6-8)12-11(5-9)18-7-14-12/h4-5,7-8H,2-3,6H2,1H3/t8-/m1/s1. The molecule has 94 valence electrons. The van der Waals surface area contributed by atoms with Crippen LogP contribution >= 0.6 is 11.3 Å². The number of carbonyl (C=O) groups excluding carboxylic acids is 1. The van der Waals surface area contributed by atoms with Crippen molar-refractivity contribution in [3.05, 3.63) is 28.8 Å². The van der Waals surface area contributed by atoms with Gasteiger partial charge in [-0.15, -0.1) is 11.3 Å². The van der Waals surface area contributed by atoms with Crippen LogP contribution < -0.4 is 0 Å². The average Bonchev–Trinajstić information content (AvgIpc) is 3.06. The van der Waals surface area contributed by atoms with Gasteiger partial charge in [0.2, 0.25) is 0 Å². The summed E-state index contributed by atoms with van der Waals surface area (Å²) >= 11 is 1.54. The highest BCUT2D eigenvalue weighted by molar-refractivity contribution is 7.16. The first-order chi connectivity index (χ1) is 8.79. The van der Waals surface area contributed by atoms with E-state index >= 15 is 0 Å². The first-order valence-corrected chi connectivity index (χ1v) is 6.71. The molecule has 1 fully saturated rings. The van der Waals surface area contributed by atoms with Crippen LogP contribution in [-0.2, 0) is 9.47 Å². The molecule has 0 N–H and O–H groups in total. The molecule has 0 saturated carbocycles. The number of nitrogens with zero attached hydrogens (tertiary/aromatic N) is 1. The number of fused-ring (bicyclic) bond motifs is 1. The topological polar surface area (TPSA) is 48.4 Å². The molecule has 0 radical (unpaired) electrons. The van der Waals surface area contributed by atoms with Crippen molar-refractivity contribution in [3.8, 4) is 0 Å². The summed E-state index contributed by atoms with van der Waals surface area (Å²) in [6, 6.07) is 3.74. The molecule has 1 aromatic heterocycles. The van der Waals surface area contributed by atoms with E-state index in [1.54, 1.807) is 11.3 Å². The Kier molecular flexibility index (Phi) is 3.01. The second-order valence-electron chi connectivity index (χ2n) is 4.32. The average molecular weight is 263 g/mol. The number of hydrogen-bond donors (Lipinski definition) is 0. The molecule has 5 heteroatoms. The van der Waals surface area contributed by atoms with E-state index in [9.17, 15) is 4.79 Å². The molecule has 1 saturated heterocycles. The molecule has 1 aliphatic rings. The van der Waals surface area contributed by atoms with E-state index in [2.05, 4.69) is 4.98 Å². The van der Waals surface area contributed by atoms with Crippen molar-refractivity contribution >= 4 is 27.5 Å². The highest BCUT2D eigenvalue weighted by Gasteiger charge is 2.23. The molecular weight excluding hydrogens is 250 g/mol. The zero-order valence-electron chi connectivity index (χ0n) is 10.0. The van der Waals surface area contributed by atoms with Gasteiger partial charge in [0.25, 0.3) is 0 Å². The minimum absolute atomic E-state index is 0.300. The summed E-state index contributed by atoms with van der Waals surface area (Å²) in [5.74, 6) is 0.0321. The highest BCUT2D eigenvalue weighted by atomic mass is 32.1. The molecule has 0 bridgehead atoms. The summed E-state index contributed by atoms with van der Waals surface area (Å²) < 4.78 is 11.2. The van der Waals surface area contributed by atoms with Crippen LogP contribution in [0.15, 0.2) is 17.6 Å². The van der Waals surface area contributed by atoms with Gasteiger partial charge in [0.15, 0.2) is 0 Å². The van der Waals surface area contributed by atoms with Gasteiger partial charge >= 0.3 is 5.97 Å². The monoisotopic (exact) mass is 263 g/mol. The Bertz CT molecular complexity index is 587. The molecular formula is C13H13NO3S. The molecule has 0 amide bonds. The number of ether oxygens (including phenoxy) is 2. The zero-order valence-corrected chi connectivity index (χ0v) is 10.8. The van der Waals surface area contributed by atoms with E-state index in [-0.39, 0.29) is 5.97 Å². The van der Waals surface area contributed by atoms with Crippen LogP contribution in [0.4, 0.5) is 0 Å². The molecule has 1 atom stereocenters. The Balaban J connectivity index is 2.14. The highest BCUT2D eigenvalue weighted by Crippen LogP contribution is 2.33. The van der Waals surface area contributed by atoms with Gasteiger partial charge in [-0.2, -0.15) is 0 Å². The van der Waals surface area contributed by atoms with Crippen LogP contribution in [0.5, 0.6) is 0 Å². The molecule has 3 rings (SSSR count). The predicted octanol–water partition coefficient (Wildman–Crippen LogP) is 2.59. The molecule has 18 heavy (non-hydrogen) atoms. The summed E-state index contributed by atoms with van der Waals surface area (Å²) in [4.78, 5) is 16.1. The van der Waals surface area contributed by atoms with Gasteiger partial charge in [-0.1, -0.05) is 0 Å². The van der Waals surface area contributed by atoms with E-state index in [1.807, 2.05) is 17.6 Å². The van der Waals surface area contributed by atoms with Gasteiger partial charge in [0.05, 0.1) is 35.0 Å². The number of thiazole rings is 1. The summed E-state index contributed by atoms with van der Waals surface area (Å²) in [5, 5.41) is 0. The maximum absolute atomic E-state index is 11.7.